The summed E-state index contributed by atoms with van der Waals surface area (Å²) in [4.78, 5) is 11.2. The highest BCUT2D eigenvalue weighted by atomic mass is 16.5. The van der Waals surface area contributed by atoms with Crippen LogP contribution in [0.15, 0.2) is 4.52 Å². The van der Waals surface area contributed by atoms with E-state index in [0.717, 1.165) is 17.0 Å². The number of nitrogens with zero attached hydrogens (tertiary/aromatic N) is 1. The minimum Gasteiger partial charge on any atom is -0.368 e. The van der Waals surface area contributed by atoms with Crippen LogP contribution in [-0.4, -0.2) is 17.1 Å². The fourth-order valence-electron chi connectivity index (χ4n) is 1.63. The van der Waals surface area contributed by atoms with E-state index in [1.165, 1.54) is 0 Å². The van der Waals surface area contributed by atoms with Gasteiger partial charge in [-0.25, -0.2) is 0 Å². The zero-order valence-corrected chi connectivity index (χ0v) is 10.2. The number of nitrogens with one attached hydrogen (secondary N) is 1. The molecule has 0 aliphatic rings. The average molecular weight is 225 g/mol. The molecule has 1 heterocycles. The summed E-state index contributed by atoms with van der Waals surface area (Å²) < 4.78 is 5.04. The molecule has 90 valence electrons. The Hall–Kier alpha value is -1.36. The SMILES string of the molecule is Cc1noc(C)c1CNC(C(N)=O)C(C)C. The van der Waals surface area contributed by atoms with Gasteiger partial charge in [-0.2, -0.15) is 0 Å². The Kier molecular flexibility index (Phi) is 4.06. The molecule has 0 saturated heterocycles. The molecular formula is C11H19N3O2. The molecule has 1 amide bonds. The lowest BCUT2D eigenvalue weighted by atomic mass is 10.0. The van der Waals surface area contributed by atoms with Gasteiger partial charge in [-0.15, -0.1) is 0 Å². The van der Waals surface area contributed by atoms with E-state index >= 15 is 0 Å². The summed E-state index contributed by atoms with van der Waals surface area (Å²) in [6.45, 7) is 8.19. The molecule has 1 atom stereocenters. The van der Waals surface area contributed by atoms with Crippen LogP contribution in [0.4, 0.5) is 0 Å². The van der Waals surface area contributed by atoms with Crippen molar-refractivity contribution in [2.45, 2.75) is 40.3 Å². The Morgan fingerprint density at radius 2 is 2.12 bits per heavy atom. The lowest BCUT2D eigenvalue weighted by molar-refractivity contribution is -0.121. The summed E-state index contributed by atoms with van der Waals surface area (Å²) >= 11 is 0. The van der Waals surface area contributed by atoms with E-state index in [1.54, 1.807) is 0 Å². The van der Waals surface area contributed by atoms with Crippen LogP contribution in [-0.2, 0) is 11.3 Å². The molecule has 5 heteroatoms. The number of carbonyl (C=O) groups is 1. The van der Waals surface area contributed by atoms with Gasteiger partial charge in [0.05, 0.1) is 11.7 Å². The van der Waals surface area contributed by atoms with Crippen LogP contribution >= 0.6 is 0 Å². The van der Waals surface area contributed by atoms with Crippen molar-refractivity contribution in [3.63, 3.8) is 0 Å². The van der Waals surface area contributed by atoms with E-state index in [9.17, 15) is 4.79 Å². The van der Waals surface area contributed by atoms with Crippen molar-refractivity contribution in [2.75, 3.05) is 0 Å². The first kappa shape index (κ1) is 12.7. The zero-order valence-electron chi connectivity index (χ0n) is 10.2. The van der Waals surface area contributed by atoms with Crippen molar-refractivity contribution in [3.05, 3.63) is 17.0 Å². The van der Waals surface area contributed by atoms with Crippen molar-refractivity contribution >= 4 is 5.91 Å². The Morgan fingerprint density at radius 1 is 1.50 bits per heavy atom. The van der Waals surface area contributed by atoms with Gasteiger partial charge in [0.2, 0.25) is 5.91 Å². The first-order valence-electron chi connectivity index (χ1n) is 5.38. The molecule has 0 radical (unpaired) electrons. The summed E-state index contributed by atoms with van der Waals surface area (Å²) in [5.74, 6) is 0.608. The van der Waals surface area contributed by atoms with Gasteiger partial charge in [-0.3, -0.25) is 4.79 Å². The number of rotatable bonds is 5. The smallest absolute Gasteiger partial charge is 0.234 e. The number of hydrogen-bond donors (Lipinski definition) is 2. The Labute approximate surface area is 95.4 Å². The molecule has 1 aromatic heterocycles. The second kappa shape index (κ2) is 5.12. The number of primary amides is 1. The van der Waals surface area contributed by atoms with Crippen LogP contribution in [0.25, 0.3) is 0 Å². The molecule has 0 aliphatic carbocycles. The fraction of sp³-hybridized carbons (Fsp3) is 0.636. The third-order valence-electron chi connectivity index (χ3n) is 2.65. The molecule has 0 aliphatic heterocycles. The Balaban J connectivity index is 2.66. The molecule has 0 aromatic carbocycles. The van der Waals surface area contributed by atoms with E-state index in [2.05, 4.69) is 10.5 Å². The van der Waals surface area contributed by atoms with E-state index in [0.29, 0.717) is 6.54 Å². The summed E-state index contributed by atoms with van der Waals surface area (Å²) in [6.07, 6.45) is 0. The van der Waals surface area contributed by atoms with Crippen molar-refractivity contribution in [3.8, 4) is 0 Å². The van der Waals surface area contributed by atoms with Crippen LogP contribution in [0, 0.1) is 19.8 Å². The molecule has 0 bridgehead atoms. The van der Waals surface area contributed by atoms with E-state index < -0.39 is 0 Å². The average Bonchev–Trinajstić information content (AvgIpc) is 2.47. The van der Waals surface area contributed by atoms with E-state index in [-0.39, 0.29) is 17.9 Å². The number of carbonyl (C=O) groups excluding carboxylic acids is 1. The number of amides is 1. The molecule has 1 unspecified atom stereocenters. The van der Waals surface area contributed by atoms with Gasteiger partial charge in [0.1, 0.15) is 5.76 Å². The fourth-order valence-corrected chi connectivity index (χ4v) is 1.63. The monoisotopic (exact) mass is 225 g/mol. The van der Waals surface area contributed by atoms with Crippen molar-refractivity contribution < 1.29 is 9.32 Å². The standard InChI is InChI=1S/C11H19N3O2/c1-6(2)10(11(12)15)13-5-9-7(3)14-16-8(9)4/h6,10,13H,5H2,1-4H3,(H2,12,15). The normalized spacial score (nSPS) is 13.1. The van der Waals surface area contributed by atoms with Gasteiger partial charge in [-0.05, 0) is 19.8 Å². The van der Waals surface area contributed by atoms with Crippen LogP contribution < -0.4 is 11.1 Å². The lowest BCUT2D eigenvalue weighted by Crippen LogP contribution is -2.44. The highest BCUT2D eigenvalue weighted by Gasteiger charge is 2.20. The lowest BCUT2D eigenvalue weighted by Gasteiger charge is -2.18. The van der Waals surface area contributed by atoms with Gasteiger partial charge in [0, 0.05) is 12.1 Å². The molecule has 0 saturated carbocycles. The second-order valence-electron chi connectivity index (χ2n) is 4.31. The summed E-state index contributed by atoms with van der Waals surface area (Å²) in [5.41, 5.74) is 7.15. The maximum Gasteiger partial charge on any atom is 0.234 e. The molecule has 16 heavy (non-hydrogen) atoms. The third-order valence-corrected chi connectivity index (χ3v) is 2.65. The number of hydrogen-bond acceptors (Lipinski definition) is 4. The van der Waals surface area contributed by atoms with Crippen LogP contribution in [0.3, 0.4) is 0 Å². The van der Waals surface area contributed by atoms with Gasteiger partial charge in [-0.1, -0.05) is 19.0 Å². The topological polar surface area (TPSA) is 81.2 Å². The minimum absolute atomic E-state index is 0.165. The molecule has 1 rings (SSSR count). The maximum atomic E-state index is 11.2. The Morgan fingerprint density at radius 3 is 2.50 bits per heavy atom. The first-order valence-corrected chi connectivity index (χ1v) is 5.38. The number of aromatic nitrogens is 1. The van der Waals surface area contributed by atoms with Gasteiger partial charge < -0.3 is 15.6 Å². The highest BCUT2D eigenvalue weighted by Crippen LogP contribution is 2.12. The van der Waals surface area contributed by atoms with Crippen molar-refractivity contribution in [1.29, 1.82) is 0 Å². The van der Waals surface area contributed by atoms with Gasteiger partial charge in [0.25, 0.3) is 0 Å². The van der Waals surface area contributed by atoms with Gasteiger partial charge >= 0.3 is 0 Å². The molecule has 0 fully saturated rings. The van der Waals surface area contributed by atoms with Crippen molar-refractivity contribution in [2.24, 2.45) is 11.7 Å². The summed E-state index contributed by atoms with van der Waals surface area (Å²) in [7, 11) is 0. The van der Waals surface area contributed by atoms with E-state index in [4.69, 9.17) is 10.3 Å². The zero-order chi connectivity index (χ0) is 12.3. The minimum atomic E-state index is -0.332. The number of nitrogens with two attached hydrogens (primary N) is 1. The van der Waals surface area contributed by atoms with E-state index in [1.807, 2.05) is 27.7 Å². The largest absolute Gasteiger partial charge is 0.368 e. The van der Waals surface area contributed by atoms with Crippen molar-refractivity contribution in [1.82, 2.24) is 10.5 Å². The van der Waals surface area contributed by atoms with Crippen LogP contribution in [0.5, 0.6) is 0 Å². The summed E-state index contributed by atoms with van der Waals surface area (Å²) in [6, 6.07) is -0.325. The molecule has 5 nitrogen and oxygen atoms in total. The number of aryl methyl sites for hydroxylation is 2. The molecular weight excluding hydrogens is 206 g/mol. The molecule has 0 spiro atoms. The first-order chi connectivity index (χ1) is 7.43. The van der Waals surface area contributed by atoms with Crippen LogP contribution in [0.1, 0.15) is 30.9 Å². The van der Waals surface area contributed by atoms with Gasteiger partial charge in [0.15, 0.2) is 0 Å². The quantitative estimate of drug-likeness (QED) is 0.779. The Bertz CT molecular complexity index is 352. The highest BCUT2D eigenvalue weighted by molar-refractivity contribution is 5.80. The summed E-state index contributed by atoms with van der Waals surface area (Å²) in [5, 5.41) is 6.98. The molecule has 1 aromatic rings. The predicted molar refractivity (Wildman–Crippen MR) is 60.6 cm³/mol. The van der Waals surface area contributed by atoms with Crippen LogP contribution in [0.2, 0.25) is 0 Å². The maximum absolute atomic E-state index is 11.2. The molecule has 3 N–H and O–H groups in total. The predicted octanol–water partition coefficient (Wildman–Crippen LogP) is 0.891. The third kappa shape index (κ3) is 2.82. The second-order valence-corrected chi connectivity index (χ2v) is 4.31.